The second-order valence-corrected chi connectivity index (χ2v) is 7.32. The van der Waals surface area contributed by atoms with Crippen LogP contribution in [0.25, 0.3) is 22.0 Å². The van der Waals surface area contributed by atoms with Crippen LogP contribution in [0.1, 0.15) is 27.5 Å². The molecule has 1 aliphatic rings. The number of fused-ring (bicyclic) bond motifs is 4. The highest BCUT2D eigenvalue weighted by atomic mass is 19.1. The van der Waals surface area contributed by atoms with Crippen molar-refractivity contribution in [3.05, 3.63) is 89.4 Å². The van der Waals surface area contributed by atoms with Crippen LogP contribution in [0.15, 0.2) is 66.7 Å². The second kappa shape index (κ2) is 7.28. The van der Waals surface area contributed by atoms with Gasteiger partial charge in [-0.2, -0.15) is 0 Å². The molecule has 0 unspecified atom stereocenters. The summed E-state index contributed by atoms with van der Waals surface area (Å²) in [7, 11) is 0. The Labute approximate surface area is 176 Å². The van der Waals surface area contributed by atoms with Crippen molar-refractivity contribution in [3.63, 3.8) is 0 Å². The Bertz CT molecular complexity index is 1300. The molecule has 0 aliphatic heterocycles. The van der Waals surface area contributed by atoms with Gasteiger partial charge in [0.25, 0.3) is 0 Å². The molecule has 154 valence electrons. The summed E-state index contributed by atoms with van der Waals surface area (Å²) in [6, 6.07) is 19.7. The van der Waals surface area contributed by atoms with Crippen LogP contribution in [0.5, 0.6) is 0 Å². The van der Waals surface area contributed by atoms with E-state index >= 15 is 0 Å². The van der Waals surface area contributed by atoms with Crippen molar-refractivity contribution in [2.75, 3.05) is 11.9 Å². The first kappa shape index (κ1) is 18.9. The topological polar surface area (TPSA) is 91.4 Å². The van der Waals surface area contributed by atoms with E-state index in [0.29, 0.717) is 5.52 Å². The first-order valence-corrected chi connectivity index (χ1v) is 9.69. The van der Waals surface area contributed by atoms with Crippen LogP contribution in [0, 0.1) is 5.82 Å². The van der Waals surface area contributed by atoms with Gasteiger partial charge in [-0.1, -0.05) is 48.5 Å². The Balaban J connectivity index is 1.40. The highest BCUT2D eigenvalue weighted by Gasteiger charge is 2.29. The number of benzene rings is 3. The normalized spacial score (nSPS) is 12.4. The zero-order chi connectivity index (χ0) is 21.5. The zero-order valence-electron chi connectivity index (χ0n) is 16.2. The molecule has 0 atom stereocenters. The molecule has 1 amide bonds. The lowest BCUT2D eigenvalue weighted by Gasteiger charge is -2.14. The molecule has 1 aromatic heterocycles. The van der Waals surface area contributed by atoms with Gasteiger partial charge < -0.3 is 14.8 Å². The molecule has 0 saturated heterocycles. The number of carbonyl (C=O) groups is 2. The first-order chi connectivity index (χ1) is 15.0. The lowest BCUT2D eigenvalue weighted by atomic mass is 9.98. The number of aromatic amines is 1. The van der Waals surface area contributed by atoms with Crippen LogP contribution < -0.4 is 5.32 Å². The maximum atomic E-state index is 13.7. The van der Waals surface area contributed by atoms with Gasteiger partial charge in [0.2, 0.25) is 0 Å². The first-order valence-electron chi connectivity index (χ1n) is 9.69. The summed E-state index contributed by atoms with van der Waals surface area (Å²) in [5, 5.41) is 12.2. The predicted octanol–water partition coefficient (Wildman–Crippen LogP) is 5.37. The number of anilines is 1. The lowest BCUT2D eigenvalue weighted by molar-refractivity contribution is 0.0692. The van der Waals surface area contributed by atoms with Gasteiger partial charge in [0, 0.05) is 16.8 Å². The van der Waals surface area contributed by atoms with E-state index in [0.717, 1.165) is 28.3 Å². The number of hydrogen-bond donors (Lipinski definition) is 3. The van der Waals surface area contributed by atoms with Gasteiger partial charge in [-0.15, -0.1) is 0 Å². The largest absolute Gasteiger partial charge is 0.477 e. The number of ether oxygens (including phenoxy) is 1. The number of carbonyl (C=O) groups excluding carboxylic acids is 1. The summed E-state index contributed by atoms with van der Waals surface area (Å²) in [6.45, 7) is 0.0823. The highest BCUT2D eigenvalue weighted by Crippen LogP contribution is 2.44. The van der Waals surface area contributed by atoms with Crippen LogP contribution in [-0.2, 0) is 4.74 Å². The molecule has 5 rings (SSSR count). The smallest absolute Gasteiger partial charge is 0.411 e. The van der Waals surface area contributed by atoms with Gasteiger partial charge in [0.15, 0.2) is 0 Å². The number of aromatic nitrogens is 1. The number of amides is 1. The van der Waals surface area contributed by atoms with Crippen molar-refractivity contribution >= 4 is 28.7 Å². The summed E-state index contributed by atoms with van der Waals surface area (Å²) in [4.78, 5) is 26.8. The maximum absolute atomic E-state index is 13.7. The number of hydrogen-bond acceptors (Lipinski definition) is 3. The SMILES string of the molecule is O=C(Nc1c(C(=O)O)[nH]c2ccc(F)cc12)OCC1c2ccccc2-c2ccccc21. The number of nitrogens with one attached hydrogen (secondary N) is 2. The third-order valence-electron chi connectivity index (χ3n) is 5.55. The zero-order valence-corrected chi connectivity index (χ0v) is 16.2. The lowest BCUT2D eigenvalue weighted by Crippen LogP contribution is -2.19. The van der Waals surface area contributed by atoms with E-state index < -0.39 is 17.9 Å². The fourth-order valence-corrected chi connectivity index (χ4v) is 4.19. The Morgan fingerprint density at radius 3 is 2.29 bits per heavy atom. The van der Waals surface area contributed by atoms with Gasteiger partial charge in [-0.3, -0.25) is 5.32 Å². The second-order valence-electron chi connectivity index (χ2n) is 7.32. The number of carboxylic acid groups (broad SMARTS) is 1. The van der Waals surface area contributed by atoms with Crippen molar-refractivity contribution in [3.8, 4) is 11.1 Å². The third kappa shape index (κ3) is 3.20. The van der Waals surface area contributed by atoms with E-state index in [9.17, 15) is 19.1 Å². The van der Waals surface area contributed by atoms with Crippen LogP contribution in [0.3, 0.4) is 0 Å². The van der Waals surface area contributed by atoms with Crippen LogP contribution in [-0.4, -0.2) is 28.8 Å². The van der Waals surface area contributed by atoms with Crippen molar-refractivity contribution in [1.82, 2.24) is 4.98 Å². The molecule has 3 N–H and O–H groups in total. The molecule has 31 heavy (non-hydrogen) atoms. The minimum absolute atomic E-state index is 0.0285. The van der Waals surface area contributed by atoms with Gasteiger partial charge in [-0.05, 0) is 40.5 Å². The minimum atomic E-state index is -1.27. The Morgan fingerprint density at radius 2 is 1.65 bits per heavy atom. The molecule has 1 aliphatic carbocycles. The molecule has 0 fully saturated rings. The Kier molecular flexibility index (Phi) is 4.43. The Hall–Kier alpha value is -4.13. The quantitative estimate of drug-likeness (QED) is 0.417. The summed E-state index contributed by atoms with van der Waals surface area (Å²) in [5.74, 6) is -1.94. The van der Waals surface area contributed by atoms with E-state index in [4.69, 9.17) is 4.74 Å². The number of H-pyrrole nitrogens is 1. The average molecular weight is 416 g/mol. The van der Waals surface area contributed by atoms with Crippen molar-refractivity contribution < 1.29 is 23.8 Å². The van der Waals surface area contributed by atoms with Gasteiger partial charge in [0.05, 0.1) is 5.69 Å². The molecule has 0 spiro atoms. The maximum Gasteiger partial charge on any atom is 0.411 e. The molecular formula is C24H17FN2O4. The van der Waals surface area contributed by atoms with E-state index in [1.165, 1.54) is 12.1 Å². The van der Waals surface area contributed by atoms with E-state index in [-0.39, 0.29) is 29.3 Å². The molecule has 6 nitrogen and oxygen atoms in total. The molecule has 7 heteroatoms. The van der Waals surface area contributed by atoms with Gasteiger partial charge in [-0.25, -0.2) is 14.0 Å². The molecule has 1 heterocycles. The summed E-state index contributed by atoms with van der Waals surface area (Å²) < 4.78 is 19.2. The molecule has 0 bridgehead atoms. The van der Waals surface area contributed by atoms with Gasteiger partial charge >= 0.3 is 12.1 Å². The van der Waals surface area contributed by atoms with E-state index in [1.54, 1.807) is 0 Å². The van der Waals surface area contributed by atoms with Crippen molar-refractivity contribution in [2.45, 2.75) is 5.92 Å². The fraction of sp³-hybridized carbons (Fsp3) is 0.0833. The number of aromatic carboxylic acids is 1. The monoisotopic (exact) mass is 416 g/mol. The Morgan fingerprint density at radius 1 is 1.00 bits per heavy atom. The van der Waals surface area contributed by atoms with Crippen LogP contribution >= 0.6 is 0 Å². The summed E-state index contributed by atoms with van der Waals surface area (Å²) in [5.41, 5.74) is 4.47. The van der Waals surface area contributed by atoms with E-state index in [2.05, 4.69) is 10.3 Å². The van der Waals surface area contributed by atoms with Crippen LogP contribution in [0.4, 0.5) is 14.9 Å². The average Bonchev–Trinajstić information content (AvgIpc) is 3.28. The molecule has 3 aromatic carbocycles. The third-order valence-corrected chi connectivity index (χ3v) is 5.55. The molecule has 0 radical (unpaired) electrons. The standard InChI is InChI=1S/C24H17FN2O4/c25-13-9-10-20-18(11-13)21(22(26-20)23(28)29)27-24(30)31-12-19-16-7-3-1-5-14(16)15-6-2-4-8-17(15)19/h1-11,19,26H,12H2,(H,27,30)(H,28,29). The number of carboxylic acids is 1. The van der Waals surface area contributed by atoms with Crippen LogP contribution in [0.2, 0.25) is 0 Å². The summed E-state index contributed by atoms with van der Waals surface area (Å²) in [6.07, 6.45) is -0.811. The van der Waals surface area contributed by atoms with Crippen molar-refractivity contribution in [2.24, 2.45) is 0 Å². The molecular weight excluding hydrogens is 399 g/mol. The number of rotatable bonds is 4. The van der Waals surface area contributed by atoms with Crippen molar-refractivity contribution in [1.29, 1.82) is 0 Å². The highest BCUT2D eigenvalue weighted by molar-refractivity contribution is 6.09. The number of halogens is 1. The summed E-state index contributed by atoms with van der Waals surface area (Å²) >= 11 is 0. The van der Waals surface area contributed by atoms with E-state index in [1.807, 2.05) is 48.5 Å². The molecule has 4 aromatic rings. The fourth-order valence-electron chi connectivity index (χ4n) is 4.19. The van der Waals surface area contributed by atoms with Gasteiger partial charge in [0.1, 0.15) is 18.1 Å². The predicted molar refractivity (Wildman–Crippen MR) is 114 cm³/mol. The minimum Gasteiger partial charge on any atom is -0.477 e. The molecule has 0 saturated carbocycles.